The van der Waals surface area contributed by atoms with Crippen molar-refractivity contribution in [1.82, 2.24) is 4.90 Å². The van der Waals surface area contributed by atoms with Crippen LogP contribution < -0.4 is 0 Å². The molecule has 1 heterocycles. The summed E-state index contributed by atoms with van der Waals surface area (Å²) in [4.78, 5) is 14.1. The molecule has 0 aromatic carbocycles. The zero-order chi connectivity index (χ0) is 13.5. The van der Waals surface area contributed by atoms with Crippen molar-refractivity contribution in [1.29, 1.82) is 0 Å². The van der Waals surface area contributed by atoms with Crippen LogP contribution in [0.3, 0.4) is 0 Å². The molecule has 0 bridgehead atoms. The van der Waals surface area contributed by atoms with Gasteiger partial charge in [-0.05, 0) is 40.3 Å². The molecule has 100 valence electrons. The largest absolute Gasteiger partial charge is 0.339 e. The monoisotopic (exact) mass is 265 g/mol. The highest BCUT2D eigenvalue weighted by molar-refractivity contribution is 7.08. The number of hydrogen-bond donors (Lipinski definition) is 0. The predicted molar refractivity (Wildman–Crippen MR) is 79.6 cm³/mol. The maximum Gasteiger partial charge on any atom is 0.246 e. The van der Waals surface area contributed by atoms with E-state index in [9.17, 15) is 4.79 Å². The number of nitrogens with zero attached hydrogens (tertiary/aromatic N) is 1. The van der Waals surface area contributed by atoms with Gasteiger partial charge < -0.3 is 4.90 Å². The fourth-order valence-electron chi connectivity index (χ4n) is 1.78. The van der Waals surface area contributed by atoms with Crippen LogP contribution in [0.25, 0.3) is 6.08 Å². The minimum Gasteiger partial charge on any atom is -0.339 e. The van der Waals surface area contributed by atoms with E-state index in [1.807, 2.05) is 27.8 Å². The summed E-state index contributed by atoms with van der Waals surface area (Å²) in [6.45, 7) is 10.2. The van der Waals surface area contributed by atoms with E-state index in [1.165, 1.54) is 0 Å². The average molecular weight is 265 g/mol. The Kier molecular flexibility index (Phi) is 6.13. The third-order valence-corrected chi connectivity index (χ3v) is 3.15. The lowest BCUT2D eigenvalue weighted by Crippen LogP contribution is -2.35. The highest BCUT2D eigenvalue weighted by Gasteiger charge is 2.13. The minimum atomic E-state index is 0.114. The lowest BCUT2D eigenvalue weighted by atomic mass is 10.1. The summed E-state index contributed by atoms with van der Waals surface area (Å²) < 4.78 is 0. The molecule has 0 spiro atoms. The zero-order valence-electron chi connectivity index (χ0n) is 11.7. The van der Waals surface area contributed by atoms with Gasteiger partial charge in [0.05, 0.1) is 0 Å². The number of thiophene rings is 1. The van der Waals surface area contributed by atoms with Crippen molar-refractivity contribution in [2.75, 3.05) is 13.1 Å². The molecule has 1 rings (SSSR count). The Hall–Kier alpha value is -1.09. The van der Waals surface area contributed by atoms with Gasteiger partial charge in [0, 0.05) is 19.2 Å². The topological polar surface area (TPSA) is 20.3 Å². The van der Waals surface area contributed by atoms with Crippen LogP contribution in [-0.2, 0) is 4.79 Å². The van der Waals surface area contributed by atoms with Crippen LogP contribution >= 0.6 is 11.3 Å². The zero-order valence-corrected chi connectivity index (χ0v) is 12.5. The second-order valence-corrected chi connectivity index (χ2v) is 6.20. The predicted octanol–water partition coefficient (Wildman–Crippen LogP) is 3.90. The van der Waals surface area contributed by atoms with Crippen molar-refractivity contribution in [3.05, 3.63) is 28.5 Å². The van der Waals surface area contributed by atoms with Crippen LogP contribution in [0.15, 0.2) is 22.9 Å². The van der Waals surface area contributed by atoms with Crippen molar-refractivity contribution in [2.45, 2.75) is 27.7 Å². The van der Waals surface area contributed by atoms with E-state index in [4.69, 9.17) is 0 Å². The van der Waals surface area contributed by atoms with E-state index < -0.39 is 0 Å². The van der Waals surface area contributed by atoms with Crippen molar-refractivity contribution < 1.29 is 4.79 Å². The standard InChI is InChI=1S/C15H23NOS/c1-12(2)9-16(10-13(3)4)15(17)6-5-14-7-8-18-11-14/h5-8,11-13H,9-10H2,1-4H3/b6-5+. The van der Waals surface area contributed by atoms with Crippen LogP contribution in [0, 0.1) is 11.8 Å². The Morgan fingerprint density at radius 2 is 1.89 bits per heavy atom. The molecule has 0 atom stereocenters. The fraction of sp³-hybridized carbons (Fsp3) is 0.533. The Morgan fingerprint density at radius 3 is 2.33 bits per heavy atom. The van der Waals surface area contributed by atoms with Crippen LogP contribution in [0.1, 0.15) is 33.3 Å². The second kappa shape index (κ2) is 7.37. The third kappa shape index (κ3) is 5.50. The first-order valence-electron chi connectivity index (χ1n) is 6.48. The minimum absolute atomic E-state index is 0.114. The van der Waals surface area contributed by atoms with Crippen LogP contribution in [0.5, 0.6) is 0 Å². The Balaban J connectivity index is 2.63. The molecule has 0 aliphatic heterocycles. The lowest BCUT2D eigenvalue weighted by molar-refractivity contribution is -0.127. The van der Waals surface area contributed by atoms with Crippen molar-refractivity contribution in [3.63, 3.8) is 0 Å². The number of carbonyl (C=O) groups excluding carboxylic acids is 1. The molecule has 0 fully saturated rings. The van der Waals surface area contributed by atoms with Gasteiger partial charge in [-0.25, -0.2) is 0 Å². The van der Waals surface area contributed by atoms with Crippen molar-refractivity contribution in [3.8, 4) is 0 Å². The Bertz CT molecular complexity index is 369. The Morgan fingerprint density at radius 1 is 1.28 bits per heavy atom. The Labute approximate surface area is 114 Å². The van der Waals surface area contributed by atoms with E-state index in [2.05, 4.69) is 27.7 Å². The molecule has 2 nitrogen and oxygen atoms in total. The van der Waals surface area contributed by atoms with Gasteiger partial charge in [0.25, 0.3) is 0 Å². The summed E-state index contributed by atoms with van der Waals surface area (Å²) >= 11 is 1.64. The maximum absolute atomic E-state index is 12.2. The van der Waals surface area contributed by atoms with E-state index in [1.54, 1.807) is 17.4 Å². The number of amides is 1. The van der Waals surface area contributed by atoms with Gasteiger partial charge in [-0.3, -0.25) is 4.79 Å². The van der Waals surface area contributed by atoms with Gasteiger partial charge in [0.1, 0.15) is 0 Å². The van der Waals surface area contributed by atoms with E-state index in [0.29, 0.717) is 11.8 Å². The highest BCUT2D eigenvalue weighted by atomic mass is 32.1. The maximum atomic E-state index is 12.2. The molecule has 0 aliphatic rings. The number of rotatable bonds is 6. The quantitative estimate of drug-likeness (QED) is 0.714. The summed E-state index contributed by atoms with van der Waals surface area (Å²) in [6.07, 6.45) is 3.58. The smallest absolute Gasteiger partial charge is 0.246 e. The fourth-order valence-corrected chi connectivity index (χ4v) is 2.41. The third-order valence-electron chi connectivity index (χ3n) is 2.44. The van der Waals surface area contributed by atoms with E-state index in [-0.39, 0.29) is 5.91 Å². The summed E-state index contributed by atoms with van der Waals surface area (Å²) in [5.74, 6) is 1.12. The number of carbonyl (C=O) groups is 1. The molecule has 0 N–H and O–H groups in total. The first kappa shape index (κ1) is 15.0. The van der Waals surface area contributed by atoms with Crippen molar-refractivity contribution in [2.24, 2.45) is 11.8 Å². The second-order valence-electron chi connectivity index (χ2n) is 5.42. The SMILES string of the molecule is CC(C)CN(CC(C)C)C(=O)/C=C/c1ccsc1. The van der Waals surface area contributed by atoms with E-state index in [0.717, 1.165) is 18.7 Å². The summed E-state index contributed by atoms with van der Waals surface area (Å²) in [5, 5.41) is 4.06. The van der Waals surface area contributed by atoms with Gasteiger partial charge in [0.15, 0.2) is 0 Å². The molecular weight excluding hydrogens is 242 g/mol. The molecular formula is C15H23NOS. The van der Waals surface area contributed by atoms with Crippen LogP contribution in [0.4, 0.5) is 0 Å². The molecule has 18 heavy (non-hydrogen) atoms. The molecule has 1 aromatic heterocycles. The normalized spacial score (nSPS) is 11.7. The number of hydrogen-bond acceptors (Lipinski definition) is 2. The lowest BCUT2D eigenvalue weighted by Gasteiger charge is -2.25. The van der Waals surface area contributed by atoms with Gasteiger partial charge in [-0.2, -0.15) is 11.3 Å². The molecule has 0 saturated carbocycles. The van der Waals surface area contributed by atoms with Gasteiger partial charge >= 0.3 is 0 Å². The first-order valence-corrected chi connectivity index (χ1v) is 7.42. The highest BCUT2D eigenvalue weighted by Crippen LogP contribution is 2.09. The molecule has 1 aromatic rings. The molecule has 0 saturated heterocycles. The molecule has 3 heteroatoms. The molecule has 0 aliphatic carbocycles. The van der Waals surface area contributed by atoms with Gasteiger partial charge in [0.2, 0.25) is 5.91 Å². The molecule has 1 amide bonds. The molecule has 0 unspecified atom stereocenters. The first-order chi connectivity index (χ1) is 8.49. The van der Waals surface area contributed by atoms with Crippen LogP contribution in [0.2, 0.25) is 0 Å². The average Bonchev–Trinajstić information content (AvgIpc) is 2.76. The summed E-state index contributed by atoms with van der Waals surface area (Å²) in [6, 6.07) is 2.02. The van der Waals surface area contributed by atoms with Crippen molar-refractivity contribution >= 4 is 23.3 Å². The summed E-state index contributed by atoms with van der Waals surface area (Å²) in [7, 11) is 0. The van der Waals surface area contributed by atoms with E-state index >= 15 is 0 Å². The van der Waals surface area contributed by atoms with Crippen LogP contribution in [-0.4, -0.2) is 23.9 Å². The van der Waals surface area contributed by atoms with Gasteiger partial charge in [-0.15, -0.1) is 0 Å². The van der Waals surface area contributed by atoms with Gasteiger partial charge in [-0.1, -0.05) is 27.7 Å². The summed E-state index contributed by atoms with van der Waals surface area (Å²) in [5.41, 5.74) is 1.10. The molecule has 0 radical (unpaired) electrons.